The minimum atomic E-state index is -3.38. The summed E-state index contributed by atoms with van der Waals surface area (Å²) in [4.78, 5) is 11.9. The highest BCUT2D eigenvalue weighted by atomic mass is 32.2. The number of carbonyl (C=O) groups is 1. The fraction of sp³-hybridized carbons (Fsp3) is 0.435. The second-order valence-electron chi connectivity index (χ2n) is 8.99. The first kappa shape index (κ1) is 22.2. The molecule has 0 radical (unpaired) electrons. The van der Waals surface area contributed by atoms with Crippen molar-refractivity contribution in [1.29, 1.82) is 0 Å². The van der Waals surface area contributed by atoms with E-state index in [9.17, 15) is 13.2 Å². The van der Waals surface area contributed by atoms with Crippen LogP contribution in [-0.4, -0.2) is 31.4 Å². The number of hydrogen-bond donors (Lipinski definition) is 2. The van der Waals surface area contributed by atoms with Gasteiger partial charge in [-0.2, -0.15) is 0 Å². The van der Waals surface area contributed by atoms with E-state index in [4.69, 9.17) is 4.74 Å². The molecule has 2 aromatic rings. The lowest BCUT2D eigenvalue weighted by atomic mass is 10.0. The van der Waals surface area contributed by atoms with Crippen LogP contribution in [0.1, 0.15) is 52.5 Å². The summed E-state index contributed by atoms with van der Waals surface area (Å²) in [7, 11) is -3.38. The molecule has 0 aliphatic heterocycles. The molecule has 1 amide bonds. The predicted molar refractivity (Wildman–Crippen MR) is 120 cm³/mol. The van der Waals surface area contributed by atoms with E-state index in [-0.39, 0.29) is 18.1 Å². The van der Waals surface area contributed by atoms with Gasteiger partial charge in [-0.1, -0.05) is 36.4 Å². The molecule has 0 bridgehead atoms. The summed E-state index contributed by atoms with van der Waals surface area (Å²) in [6.07, 6.45) is 0.512. The number of nitrogens with one attached hydrogen (secondary N) is 2. The van der Waals surface area contributed by atoms with Crippen molar-refractivity contribution in [1.82, 2.24) is 5.32 Å². The molecule has 1 aliphatic rings. The van der Waals surface area contributed by atoms with Gasteiger partial charge < -0.3 is 10.1 Å². The third kappa shape index (κ3) is 5.75. The summed E-state index contributed by atoms with van der Waals surface area (Å²) in [5, 5.41) is 2.42. The lowest BCUT2D eigenvalue weighted by Gasteiger charge is -2.19. The van der Waals surface area contributed by atoms with Crippen LogP contribution in [0.15, 0.2) is 48.5 Å². The summed E-state index contributed by atoms with van der Waals surface area (Å²) in [6.45, 7) is 8.83. The van der Waals surface area contributed by atoms with E-state index in [1.165, 1.54) is 0 Å². The van der Waals surface area contributed by atoms with Crippen molar-refractivity contribution in [2.75, 3.05) is 4.72 Å². The molecule has 1 saturated carbocycles. The van der Waals surface area contributed by atoms with E-state index in [1.54, 1.807) is 19.9 Å². The van der Waals surface area contributed by atoms with Gasteiger partial charge in [0.1, 0.15) is 5.60 Å². The maximum Gasteiger partial charge on any atom is 0.407 e. The quantitative estimate of drug-likeness (QED) is 0.684. The summed E-state index contributed by atoms with van der Waals surface area (Å²) >= 11 is 0. The number of rotatable bonds is 6. The molecule has 0 saturated heterocycles. The first-order valence-corrected chi connectivity index (χ1v) is 11.7. The SMILES string of the molecule is CC(C)S(=O)(=O)Nc1cccc(-c2ccc([C@H]3C[C@@H]3NC(=O)OC(C)(C)C)cc2)c1. The molecule has 30 heavy (non-hydrogen) atoms. The van der Waals surface area contributed by atoms with Gasteiger partial charge in [-0.25, -0.2) is 13.2 Å². The zero-order valence-electron chi connectivity index (χ0n) is 18.1. The van der Waals surface area contributed by atoms with E-state index < -0.39 is 20.9 Å². The van der Waals surface area contributed by atoms with Gasteiger partial charge in [0.05, 0.1) is 5.25 Å². The van der Waals surface area contributed by atoms with Crippen LogP contribution in [0.4, 0.5) is 10.5 Å². The molecule has 0 spiro atoms. The highest BCUT2D eigenvalue weighted by Gasteiger charge is 2.40. The molecule has 0 heterocycles. The zero-order valence-corrected chi connectivity index (χ0v) is 18.9. The van der Waals surface area contributed by atoms with Gasteiger partial charge in [-0.15, -0.1) is 0 Å². The van der Waals surface area contributed by atoms with Gasteiger partial charge in [0.25, 0.3) is 0 Å². The van der Waals surface area contributed by atoms with Crippen molar-refractivity contribution >= 4 is 21.8 Å². The molecule has 6 nitrogen and oxygen atoms in total. The maximum atomic E-state index is 12.1. The second-order valence-corrected chi connectivity index (χ2v) is 11.2. The van der Waals surface area contributed by atoms with Crippen molar-refractivity contribution in [3.8, 4) is 11.1 Å². The van der Waals surface area contributed by atoms with Crippen LogP contribution in [0.2, 0.25) is 0 Å². The van der Waals surface area contributed by atoms with Crippen LogP contribution < -0.4 is 10.0 Å². The molecular formula is C23H30N2O4S. The van der Waals surface area contributed by atoms with Crippen LogP contribution in [0.5, 0.6) is 0 Å². The topological polar surface area (TPSA) is 84.5 Å². The number of sulfonamides is 1. The normalized spacial score (nSPS) is 18.7. The zero-order chi connectivity index (χ0) is 22.1. The molecule has 0 unspecified atom stereocenters. The molecule has 2 atom stereocenters. The average Bonchev–Trinajstić information content (AvgIpc) is 3.39. The van der Waals surface area contributed by atoms with Crippen LogP contribution >= 0.6 is 0 Å². The molecule has 162 valence electrons. The van der Waals surface area contributed by atoms with Gasteiger partial charge in [0, 0.05) is 17.6 Å². The second kappa shape index (κ2) is 8.30. The standard InChI is InChI=1S/C23H30N2O4S/c1-15(2)30(27,28)25-19-8-6-7-18(13-19)16-9-11-17(12-10-16)20-14-21(20)24-22(26)29-23(3,4)5/h6-13,15,20-21,25H,14H2,1-5H3,(H,24,26)/t20-,21+/m1/s1. The maximum absolute atomic E-state index is 12.1. The largest absolute Gasteiger partial charge is 0.444 e. The van der Waals surface area contributed by atoms with E-state index in [1.807, 2.05) is 51.1 Å². The summed E-state index contributed by atoms with van der Waals surface area (Å²) in [5.74, 6) is 0.288. The Labute approximate surface area is 179 Å². The van der Waals surface area contributed by atoms with E-state index >= 15 is 0 Å². The molecule has 2 aromatic carbocycles. The Balaban J connectivity index is 1.64. The lowest BCUT2D eigenvalue weighted by Crippen LogP contribution is -2.34. The molecule has 3 rings (SSSR count). The number of carbonyl (C=O) groups excluding carboxylic acids is 1. The van der Waals surface area contributed by atoms with Crippen molar-refractivity contribution in [3.63, 3.8) is 0 Å². The Bertz CT molecular complexity index is 1010. The van der Waals surface area contributed by atoms with E-state index in [0.717, 1.165) is 23.1 Å². The van der Waals surface area contributed by atoms with Gasteiger partial charge in [0.2, 0.25) is 10.0 Å². The summed E-state index contributed by atoms with van der Waals surface area (Å²) in [5.41, 5.74) is 3.14. The fourth-order valence-electron chi connectivity index (χ4n) is 3.15. The van der Waals surface area contributed by atoms with Crippen molar-refractivity contribution in [2.24, 2.45) is 0 Å². The Kier molecular flexibility index (Phi) is 6.13. The Hall–Kier alpha value is -2.54. The van der Waals surface area contributed by atoms with Crippen molar-refractivity contribution in [2.45, 2.75) is 63.9 Å². The molecule has 7 heteroatoms. The number of amides is 1. The van der Waals surface area contributed by atoms with Crippen LogP contribution in [-0.2, 0) is 14.8 Å². The van der Waals surface area contributed by atoms with Crippen LogP contribution in [0, 0.1) is 0 Å². The number of hydrogen-bond acceptors (Lipinski definition) is 4. The van der Waals surface area contributed by atoms with Gasteiger partial charge >= 0.3 is 6.09 Å². The molecule has 1 fully saturated rings. The van der Waals surface area contributed by atoms with Crippen molar-refractivity contribution < 1.29 is 17.9 Å². The summed E-state index contributed by atoms with van der Waals surface area (Å²) in [6, 6.07) is 15.6. The number of anilines is 1. The first-order chi connectivity index (χ1) is 13.9. The van der Waals surface area contributed by atoms with E-state index in [0.29, 0.717) is 5.69 Å². The average molecular weight is 431 g/mol. The molecule has 1 aliphatic carbocycles. The van der Waals surface area contributed by atoms with Crippen molar-refractivity contribution in [3.05, 3.63) is 54.1 Å². The minimum Gasteiger partial charge on any atom is -0.444 e. The number of alkyl carbamates (subject to hydrolysis) is 1. The smallest absolute Gasteiger partial charge is 0.407 e. The molecule has 0 aromatic heterocycles. The molecular weight excluding hydrogens is 400 g/mol. The number of ether oxygens (including phenoxy) is 1. The van der Waals surface area contributed by atoms with Crippen LogP contribution in [0.25, 0.3) is 11.1 Å². The highest BCUT2D eigenvalue weighted by Crippen LogP contribution is 2.41. The van der Waals surface area contributed by atoms with Gasteiger partial charge in [0.15, 0.2) is 0 Å². The monoisotopic (exact) mass is 430 g/mol. The Morgan fingerprint density at radius 3 is 2.33 bits per heavy atom. The minimum absolute atomic E-state index is 0.0967. The predicted octanol–water partition coefficient (Wildman–Crippen LogP) is 4.88. The Morgan fingerprint density at radius 1 is 1.07 bits per heavy atom. The Morgan fingerprint density at radius 2 is 1.73 bits per heavy atom. The first-order valence-electron chi connectivity index (χ1n) is 10.2. The fourth-order valence-corrected chi connectivity index (χ4v) is 3.84. The van der Waals surface area contributed by atoms with Gasteiger partial charge in [-0.3, -0.25) is 4.72 Å². The van der Waals surface area contributed by atoms with Crippen LogP contribution in [0.3, 0.4) is 0 Å². The highest BCUT2D eigenvalue weighted by molar-refractivity contribution is 7.93. The third-order valence-corrected chi connectivity index (χ3v) is 6.67. The third-order valence-electron chi connectivity index (χ3n) is 4.91. The van der Waals surface area contributed by atoms with Gasteiger partial charge in [-0.05, 0) is 69.9 Å². The van der Waals surface area contributed by atoms with E-state index in [2.05, 4.69) is 22.2 Å². The molecule has 2 N–H and O–H groups in total. The summed E-state index contributed by atoms with van der Waals surface area (Å²) < 4.78 is 32.2. The number of benzene rings is 2. The lowest BCUT2D eigenvalue weighted by molar-refractivity contribution is 0.0523.